The van der Waals surface area contributed by atoms with Gasteiger partial charge in [-0.15, -0.1) is 0 Å². The van der Waals surface area contributed by atoms with Crippen molar-refractivity contribution in [2.75, 3.05) is 31.3 Å². The van der Waals surface area contributed by atoms with Crippen LogP contribution in [-0.4, -0.2) is 51.3 Å². The van der Waals surface area contributed by atoms with Gasteiger partial charge in [0.15, 0.2) is 9.84 Å². The summed E-state index contributed by atoms with van der Waals surface area (Å²) in [4.78, 5) is 15.9. The normalized spacial score (nSPS) is 17.3. The fraction of sp³-hybridized carbons (Fsp3) is 0.344. The van der Waals surface area contributed by atoms with Crippen LogP contribution in [-0.2, 0) is 32.3 Å². The molecule has 3 aromatic carbocycles. The number of aryl methyl sites for hydroxylation is 1. The summed E-state index contributed by atoms with van der Waals surface area (Å²) in [5.41, 5.74) is 6.06. The van der Waals surface area contributed by atoms with Gasteiger partial charge in [0.2, 0.25) is 0 Å². The predicted octanol–water partition coefficient (Wildman–Crippen LogP) is 5.73. The lowest BCUT2D eigenvalue weighted by Gasteiger charge is -2.31. The van der Waals surface area contributed by atoms with Crippen molar-refractivity contribution in [1.82, 2.24) is 4.90 Å². The molecule has 1 saturated heterocycles. The van der Waals surface area contributed by atoms with E-state index in [-0.39, 0.29) is 23.0 Å². The van der Waals surface area contributed by atoms with E-state index in [9.17, 15) is 13.2 Å². The van der Waals surface area contributed by atoms with E-state index in [2.05, 4.69) is 36.3 Å². The largest absolute Gasteiger partial charge is 0.381 e. The standard InChI is InChI=1S/C32H36N2O4S/c1-3-23-4-8-25(9-5-23)26-10-13-31-28(20-26)21-27(16-19-39(31,36)37)32(35)33-29-11-6-24(7-12-29)22-34(2)30-14-17-38-18-15-30/h4-13,20-21,30H,3,14-19,22H2,1-2H3,(H,33,35). The molecule has 5 rings (SSSR count). The number of carbonyl (C=O) groups is 1. The first kappa shape index (κ1) is 27.3. The molecule has 0 aromatic heterocycles. The number of sulfone groups is 1. The Hall–Kier alpha value is -3.26. The average Bonchev–Trinajstić information content (AvgIpc) is 3.09. The first-order valence-electron chi connectivity index (χ1n) is 13.7. The van der Waals surface area contributed by atoms with Crippen LogP contribution in [0.4, 0.5) is 5.69 Å². The smallest absolute Gasteiger partial charge is 0.251 e. The minimum Gasteiger partial charge on any atom is -0.381 e. The summed E-state index contributed by atoms with van der Waals surface area (Å²) in [5.74, 6) is -0.371. The zero-order valence-electron chi connectivity index (χ0n) is 22.7. The molecule has 39 heavy (non-hydrogen) atoms. The molecule has 2 aliphatic rings. The topological polar surface area (TPSA) is 75.7 Å². The first-order valence-corrected chi connectivity index (χ1v) is 15.3. The predicted molar refractivity (Wildman–Crippen MR) is 156 cm³/mol. The van der Waals surface area contributed by atoms with E-state index in [1.165, 1.54) is 11.1 Å². The third-order valence-corrected chi connectivity index (χ3v) is 9.54. The van der Waals surface area contributed by atoms with Gasteiger partial charge in [-0.2, -0.15) is 0 Å². The molecule has 2 aliphatic heterocycles. The minimum absolute atomic E-state index is 0.0960. The van der Waals surface area contributed by atoms with E-state index in [1.807, 2.05) is 48.5 Å². The number of benzene rings is 3. The molecule has 0 atom stereocenters. The SMILES string of the molecule is CCc1ccc(-c2ccc3c(c2)C=C(C(=O)Nc2ccc(CN(C)C4CCOCC4)cc2)CCS3(=O)=O)cc1. The molecule has 3 aromatic rings. The number of amides is 1. The Labute approximate surface area is 231 Å². The van der Waals surface area contributed by atoms with Crippen molar-refractivity contribution in [3.05, 3.63) is 89.0 Å². The van der Waals surface area contributed by atoms with Crippen molar-refractivity contribution < 1.29 is 17.9 Å². The molecule has 2 heterocycles. The van der Waals surface area contributed by atoms with Gasteiger partial charge in [-0.25, -0.2) is 8.42 Å². The van der Waals surface area contributed by atoms with E-state index in [1.54, 1.807) is 12.1 Å². The van der Waals surface area contributed by atoms with Gasteiger partial charge >= 0.3 is 0 Å². The van der Waals surface area contributed by atoms with Gasteiger partial charge in [-0.05, 0) is 90.9 Å². The Kier molecular flexibility index (Phi) is 8.31. The van der Waals surface area contributed by atoms with Crippen LogP contribution in [0.5, 0.6) is 0 Å². The van der Waals surface area contributed by atoms with E-state index in [0.717, 1.165) is 50.1 Å². The van der Waals surface area contributed by atoms with Crippen molar-refractivity contribution in [3.8, 4) is 11.1 Å². The summed E-state index contributed by atoms with van der Waals surface area (Å²) in [6.07, 6.45) is 4.95. The summed E-state index contributed by atoms with van der Waals surface area (Å²) < 4.78 is 31.5. The summed E-state index contributed by atoms with van der Waals surface area (Å²) in [5, 5.41) is 2.97. The maximum atomic E-state index is 13.2. The highest BCUT2D eigenvalue weighted by Crippen LogP contribution is 2.31. The zero-order valence-corrected chi connectivity index (χ0v) is 23.5. The van der Waals surface area contributed by atoms with Crippen molar-refractivity contribution >= 4 is 27.5 Å². The van der Waals surface area contributed by atoms with Crippen LogP contribution in [0, 0.1) is 0 Å². The molecule has 204 valence electrons. The molecule has 0 unspecified atom stereocenters. The number of ether oxygens (including phenoxy) is 1. The molecular formula is C32H36N2O4S. The zero-order chi connectivity index (χ0) is 27.4. The van der Waals surface area contributed by atoms with Crippen LogP contribution in [0.15, 0.2) is 77.2 Å². The second-order valence-electron chi connectivity index (χ2n) is 10.5. The summed E-state index contributed by atoms with van der Waals surface area (Å²) in [6, 6.07) is 22.1. The molecule has 0 saturated carbocycles. The second kappa shape index (κ2) is 11.9. The van der Waals surface area contributed by atoms with Crippen molar-refractivity contribution in [3.63, 3.8) is 0 Å². The molecule has 0 radical (unpaired) electrons. The first-order chi connectivity index (χ1) is 18.8. The van der Waals surface area contributed by atoms with Gasteiger partial charge < -0.3 is 10.1 Å². The van der Waals surface area contributed by atoms with Gasteiger partial charge in [0.05, 0.1) is 10.6 Å². The van der Waals surface area contributed by atoms with E-state index >= 15 is 0 Å². The number of nitrogens with zero attached hydrogens (tertiary/aromatic N) is 1. The van der Waals surface area contributed by atoms with Crippen LogP contribution in [0.2, 0.25) is 0 Å². The quantitative estimate of drug-likeness (QED) is 0.411. The number of rotatable bonds is 7. The highest BCUT2D eigenvalue weighted by molar-refractivity contribution is 7.91. The van der Waals surface area contributed by atoms with Crippen LogP contribution >= 0.6 is 0 Å². The number of hydrogen-bond acceptors (Lipinski definition) is 5. The summed E-state index contributed by atoms with van der Waals surface area (Å²) in [6.45, 7) is 4.58. The van der Waals surface area contributed by atoms with Crippen molar-refractivity contribution in [2.45, 2.75) is 50.1 Å². The van der Waals surface area contributed by atoms with Gasteiger partial charge in [0.25, 0.3) is 5.91 Å². The van der Waals surface area contributed by atoms with E-state index in [0.29, 0.717) is 22.9 Å². The van der Waals surface area contributed by atoms with Gasteiger partial charge in [0.1, 0.15) is 0 Å². The molecule has 7 heteroatoms. The van der Waals surface area contributed by atoms with Gasteiger partial charge in [0, 0.05) is 37.1 Å². The maximum absolute atomic E-state index is 13.2. The Bertz CT molecular complexity index is 1460. The summed E-state index contributed by atoms with van der Waals surface area (Å²) >= 11 is 0. The van der Waals surface area contributed by atoms with Crippen LogP contribution < -0.4 is 5.32 Å². The monoisotopic (exact) mass is 544 g/mol. The molecule has 1 amide bonds. The molecule has 1 N–H and O–H groups in total. The molecule has 6 nitrogen and oxygen atoms in total. The second-order valence-corrected chi connectivity index (χ2v) is 12.5. The van der Waals surface area contributed by atoms with Gasteiger partial charge in [-0.3, -0.25) is 9.69 Å². The van der Waals surface area contributed by atoms with E-state index < -0.39 is 9.84 Å². The Morgan fingerprint density at radius 2 is 1.62 bits per heavy atom. The van der Waals surface area contributed by atoms with E-state index in [4.69, 9.17) is 4.74 Å². The number of anilines is 1. The van der Waals surface area contributed by atoms with Gasteiger partial charge in [-0.1, -0.05) is 49.4 Å². The molecule has 0 spiro atoms. The minimum atomic E-state index is -3.50. The van der Waals surface area contributed by atoms with Crippen LogP contribution in [0.3, 0.4) is 0 Å². The molecule has 1 fully saturated rings. The fourth-order valence-electron chi connectivity index (χ4n) is 5.30. The highest BCUT2D eigenvalue weighted by atomic mass is 32.2. The maximum Gasteiger partial charge on any atom is 0.251 e. The Balaban J connectivity index is 1.32. The Morgan fingerprint density at radius 1 is 0.949 bits per heavy atom. The fourth-order valence-corrected chi connectivity index (χ4v) is 6.76. The lowest BCUT2D eigenvalue weighted by Crippen LogP contribution is -2.36. The number of fused-ring (bicyclic) bond motifs is 1. The highest BCUT2D eigenvalue weighted by Gasteiger charge is 2.25. The van der Waals surface area contributed by atoms with Crippen molar-refractivity contribution in [2.24, 2.45) is 0 Å². The number of hydrogen-bond donors (Lipinski definition) is 1. The van der Waals surface area contributed by atoms with Crippen molar-refractivity contribution in [1.29, 1.82) is 0 Å². The van der Waals surface area contributed by atoms with Crippen LogP contribution in [0.25, 0.3) is 17.2 Å². The molecule has 0 aliphatic carbocycles. The lowest BCUT2D eigenvalue weighted by molar-refractivity contribution is -0.112. The average molecular weight is 545 g/mol. The lowest BCUT2D eigenvalue weighted by atomic mass is 9.99. The summed E-state index contributed by atoms with van der Waals surface area (Å²) in [7, 11) is -1.36. The third kappa shape index (κ3) is 6.49. The Morgan fingerprint density at radius 3 is 2.31 bits per heavy atom. The third-order valence-electron chi connectivity index (χ3n) is 7.76. The molecule has 0 bridgehead atoms. The number of carbonyl (C=O) groups excluding carboxylic acids is 1. The van der Waals surface area contributed by atoms with Crippen LogP contribution in [0.1, 0.15) is 42.9 Å². The number of nitrogens with one attached hydrogen (secondary N) is 1. The molecular weight excluding hydrogens is 508 g/mol.